The maximum Gasteiger partial charge on any atom is 0.338 e. The highest BCUT2D eigenvalue weighted by molar-refractivity contribution is 5.91. The quantitative estimate of drug-likeness (QED) is 0.377. The van der Waals surface area contributed by atoms with Gasteiger partial charge in [-0.2, -0.15) is 0 Å². The van der Waals surface area contributed by atoms with Gasteiger partial charge in [-0.25, -0.2) is 4.79 Å². The molecule has 0 heterocycles. The maximum atomic E-state index is 13.2. The lowest BCUT2D eigenvalue weighted by Crippen LogP contribution is -2.38. The minimum atomic E-state index is -1.07. The lowest BCUT2D eigenvalue weighted by molar-refractivity contribution is -0.169. The molecule has 3 aromatic rings. The highest BCUT2D eigenvalue weighted by Gasteiger charge is 2.54. The molecule has 1 fully saturated rings. The van der Waals surface area contributed by atoms with E-state index in [0.29, 0.717) is 5.56 Å². The summed E-state index contributed by atoms with van der Waals surface area (Å²) in [6.45, 7) is 4.10. The Morgan fingerprint density at radius 3 is 2.12 bits per heavy atom. The lowest BCUT2D eigenvalue weighted by atomic mass is 9.87. The number of hydrogen-bond donors (Lipinski definition) is 1. The van der Waals surface area contributed by atoms with Crippen molar-refractivity contribution < 1.29 is 19.4 Å². The zero-order valence-corrected chi connectivity index (χ0v) is 19.1. The first-order valence-corrected chi connectivity index (χ1v) is 11.9. The zero-order chi connectivity index (χ0) is 22.9. The van der Waals surface area contributed by atoms with Gasteiger partial charge in [0.05, 0.1) is 5.56 Å². The number of rotatable bonds is 7. The van der Waals surface area contributed by atoms with E-state index in [2.05, 4.69) is 19.1 Å². The van der Waals surface area contributed by atoms with Crippen LogP contribution in [0.2, 0.25) is 0 Å². The highest BCUT2D eigenvalue weighted by Crippen LogP contribution is 2.56. The van der Waals surface area contributed by atoms with Gasteiger partial charge in [-0.05, 0) is 47.6 Å². The van der Waals surface area contributed by atoms with Crippen LogP contribution in [0.1, 0.15) is 76.6 Å². The number of carbonyl (C=O) groups is 1. The van der Waals surface area contributed by atoms with Crippen molar-refractivity contribution in [1.29, 1.82) is 0 Å². The third-order valence-corrected chi connectivity index (χ3v) is 7.27. The minimum Gasteiger partial charge on any atom is -0.455 e. The number of aliphatic hydroxyl groups is 1. The summed E-state index contributed by atoms with van der Waals surface area (Å²) in [6.07, 6.45) is 0.522. The van der Waals surface area contributed by atoms with E-state index in [0.717, 1.165) is 36.0 Å². The van der Waals surface area contributed by atoms with Crippen LogP contribution in [-0.2, 0) is 22.3 Å². The molecule has 0 amide bonds. The van der Waals surface area contributed by atoms with Gasteiger partial charge in [0, 0.05) is 17.4 Å². The summed E-state index contributed by atoms with van der Waals surface area (Å²) in [5, 5.41) is 11.1. The molecule has 1 N–H and O–H groups in total. The third kappa shape index (κ3) is 3.88. The van der Waals surface area contributed by atoms with Crippen molar-refractivity contribution >= 4 is 5.97 Å². The van der Waals surface area contributed by atoms with Crippen LogP contribution >= 0.6 is 0 Å². The van der Waals surface area contributed by atoms with Crippen LogP contribution in [0.5, 0.6) is 0 Å². The van der Waals surface area contributed by atoms with E-state index >= 15 is 0 Å². The van der Waals surface area contributed by atoms with Crippen molar-refractivity contribution in [2.45, 2.75) is 63.4 Å². The Kier molecular flexibility index (Phi) is 6.05. The summed E-state index contributed by atoms with van der Waals surface area (Å²) in [7, 11) is 0. The minimum absolute atomic E-state index is 0.0718. The lowest BCUT2D eigenvalue weighted by Gasteiger charge is -2.34. The van der Waals surface area contributed by atoms with Crippen molar-refractivity contribution in [2.75, 3.05) is 0 Å². The first-order valence-electron chi connectivity index (χ1n) is 11.9. The smallest absolute Gasteiger partial charge is 0.338 e. The van der Waals surface area contributed by atoms with Gasteiger partial charge >= 0.3 is 5.97 Å². The number of benzene rings is 3. The van der Waals surface area contributed by atoms with Crippen LogP contribution in [0.3, 0.4) is 0 Å². The Morgan fingerprint density at radius 1 is 0.848 bits per heavy atom. The van der Waals surface area contributed by atoms with E-state index in [1.165, 1.54) is 11.1 Å². The molecule has 170 valence electrons. The SMILES string of the molecule is CCc1ccccc1C(=O)O[C@@H]1C2CC(c3ccccc32)[C@@H]1OC(O)c1ccccc1CC. The molecule has 0 spiro atoms. The van der Waals surface area contributed by atoms with Gasteiger partial charge < -0.3 is 14.6 Å². The highest BCUT2D eigenvalue weighted by atomic mass is 16.6. The topological polar surface area (TPSA) is 55.8 Å². The molecular weight excluding hydrogens is 412 g/mol. The molecule has 0 radical (unpaired) electrons. The Hall–Kier alpha value is -2.95. The van der Waals surface area contributed by atoms with Gasteiger partial charge in [-0.3, -0.25) is 0 Å². The summed E-state index contributed by atoms with van der Waals surface area (Å²) in [5.74, 6) is -0.157. The number of aryl methyl sites for hydroxylation is 2. The van der Waals surface area contributed by atoms with Crippen LogP contribution in [0.25, 0.3) is 0 Å². The fourth-order valence-corrected chi connectivity index (χ4v) is 5.65. The van der Waals surface area contributed by atoms with Gasteiger partial charge in [-0.15, -0.1) is 0 Å². The average molecular weight is 443 g/mol. The number of fused-ring (bicyclic) bond motifs is 5. The van der Waals surface area contributed by atoms with Crippen LogP contribution in [0.4, 0.5) is 0 Å². The monoisotopic (exact) mass is 442 g/mol. The van der Waals surface area contributed by atoms with Gasteiger partial charge in [-0.1, -0.05) is 80.6 Å². The molecule has 4 nitrogen and oxygen atoms in total. The van der Waals surface area contributed by atoms with Gasteiger partial charge in [0.25, 0.3) is 0 Å². The number of hydrogen-bond acceptors (Lipinski definition) is 4. The van der Waals surface area contributed by atoms with Crippen molar-refractivity contribution in [3.63, 3.8) is 0 Å². The second-order valence-electron chi connectivity index (χ2n) is 8.96. The van der Waals surface area contributed by atoms with E-state index in [9.17, 15) is 9.90 Å². The Balaban J connectivity index is 1.45. The Bertz CT molecular complexity index is 1150. The molecule has 5 rings (SSSR count). The molecule has 2 aliphatic rings. The molecule has 1 saturated carbocycles. The van der Waals surface area contributed by atoms with E-state index in [4.69, 9.17) is 9.47 Å². The van der Waals surface area contributed by atoms with E-state index in [1.807, 2.05) is 67.6 Å². The molecule has 4 heteroatoms. The van der Waals surface area contributed by atoms with Gasteiger partial charge in [0.2, 0.25) is 0 Å². The molecule has 3 aromatic carbocycles. The fraction of sp³-hybridized carbons (Fsp3) is 0.345. The first kappa shape index (κ1) is 21.9. The molecular formula is C29H30O4. The third-order valence-electron chi connectivity index (χ3n) is 7.27. The zero-order valence-electron chi connectivity index (χ0n) is 19.1. The van der Waals surface area contributed by atoms with Crippen LogP contribution < -0.4 is 0 Å². The molecule has 2 aliphatic carbocycles. The number of aliphatic hydroxyl groups excluding tert-OH is 1. The average Bonchev–Trinajstić information content (AvgIpc) is 3.41. The van der Waals surface area contributed by atoms with Gasteiger partial charge in [0.15, 0.2) is 6.29 Å². The molecule has 3 unspecified atom stereocenters. The molecule has 0 aliphatic heterocycles. The van der Waals surface area contributed by atoms with Crippen molar-refractivity contribution in [2.24, 2.45) is 0 Å². The fourth-order valence-electron chi connectivity index (χ4n) is 5.65. The predicted octanol–water partition coefficient (Wildman–Crippen LogP) is 5.70. The van der Waals surface area contributed by atoms with E-state index < -0.39 is 18.5 Å². The summed E-state index contributed by atoms with van der Waals surface area (Å²) in [4.78, 5) is 13.2. The van der Waals surface area contributed by atoms with Crippen molar-refractivity contribution in [1.82, 2.24) is 0 Å². The second kappa shape index (κ2) is 9.12. The Labute approximate surface area is 195 Å². The molecule has 0 aromatic heterocycles. The standard InChI is InChI=1S/C29H30O4/c1-3-18-11-5-7-13-20(18)28(30)32-26-24-17-25(23-16-10-9-15-22(23)24)27(26)33-29(31)21-14-8-6-12-19(21)4-2/h5-16,24-28,30H,3-4,17H2,1-2H3/t24?,25?,26-,27+,28?/m0/s1. The van der Waals surface area contributed by atoms with Gasteiger partial charge in [0.1, 0.15) is 12.2 Å². The second-order valence-corrected chi connectivity index (χ2v) is 8.96. The van der Waals surface area contributed by atoms with Crippen LogP contribution in [0.15, 0.2) is 72.8 Å². The normalized spacial score (nSPS) is 23.8. The first-order chi connectivity index (χ1) is 16.1. The molecule has 5 atom stereocenters. The molecule has 33 heavy (non-hydrogen) atoms. The van der Waals surface area contributed by atoms with Crippen LogP contribution in [0, 0.1) is 0 Å². The van der Waals surface area contributed by atoms with Crippen molar-refractivity contribution in [3.8, 4) is 0 Å². The predicted molar refractivity (Wildman–Crippen MR) is 127 cm³/mol. The Morgan fingerprint density at radius 2 is 1.42 bits per heavy atom. The molecule has 2 bridgehead atoms. The summed E-state index contributed by atoms with van der Waals surface area (Å²) in [6, 6.07) is 23.7. The van der Waals surface area contributed by atoms with Crippen LogP contribution in [-0.4, -0.2) is 23.3 Å². The summed E-state index contributed by atoms with van der Waals surface area (Å²) < 4.78 is 12.5. The maximum absolute atomic E-state index is 13.2. The largest absolute Gasteiger partial charge is 0.455 e. The number of ether oxygens (including phenoxy) is 2. The van der Waals surface area contributed by atoms with E-state index in [1.54, 1.807) is 0 Å². The number of carbonyl (C=O) groups excluding carboxylic acids is 1. The molecule has 0 saturated heterocycles. The van der Waals surface area contributed by atoms with E-state index in [-0.39, 0.29) is 17.8 Å². The van der Waals surface area contributed by atoms with Crippen molar-refractivity contribution in [3.05, 3.63) is 106 Å². The summed E-state index contributed by atoms with van der Waals surface area (Å²) >= 11 is 0. The summed E-state index contributed by atoms with van der Waals surface area (Å²) in [5.41, 5.74) is 5.88. The number of esters is 1.